The lowest BCUT2D eigenvalue weighted by Crippen LogP contribution is -2.45. The summed E-state index contributed by atoms with van der Waals surface area (Å²) in [6.45, 7) is 1.47. The normalized spacial score (nSPS) is 11.0. The fraction of sp³-hybridized carbons (Fsp3) is 0.417. The summed E-state index contributed by atoms with van der Waals surface area (Å²) in [6, 6.07) is 7.28. The van der Waals surface area contributed by atoms with E-state index in [9.17, 15) is 10.2 Å². The van der Waals surface area contributed by atoms with Gasteiger partial charge < -0.3 is 15.5 Å². The number of benzene rings is 1. The van der Waals surface area contributed by atoms with Crippen LogP contribution in [0.1, 0.15) is 18.9 Å². The predicted molar refractivity (Wildman–Crippen MR) is 69.7 cm³/mol. The monoisotopic (exact) mass is 298 g/mol. The average molecular weight is 299 g/mol. The van der Waals surface area contributed by atoms with Crippen LogP contribution in [0.2, 0.25) is 0 Å². The first-order valence-corrected chi connectivity index (χ1v) is 6.09. The fourth-order valence-electron chi connectivity index (χ4n) is 1.44. The van der Waals surface area contributed by atoms with Crippen molar-refractivity contribution >= 4 is 21.6 Å². The number of hydrogen-bond acceptors (Lipinski definition) is 4. The molecule has 0 aromatic heterocycles. The van der Waals surface area contributed by atoms with Crippen LogP contribution in [-0.4, -0.2) is 29.0 Å². The Balaban J connectivity index is 3.09. The number of rotatable bonds is 5. The first-order chi connectivity index (χ1) is 8.10. The molecule has 1 aromatic rings. The van der Waals surface area contributed by atoms with E-state index in [2.05, 4.69) is 27.3 Å². The van der Waals surface area contributed by atoms with Gasteiger partial charge in [0.25, 0.3) is 0 Å². The maximum absolute atomic E-state index is 9.35. The van der Waals surface area contributed by atoms with E-state index in [-0.39, 0.29) is 13.2 Å². The molecule has 5 heteroatoms. The lowest BCUT2D eigenvalue weighted by molar-refractivity contribution is 0.132. The minimum Gasteiger partial charge on any atom is -0.394 e. The summed E-state index contributed by atoms with van der Waals surface area (Å²) in [5, 5.41) is 30.8. The molecule has 0 saturated heterocycles. The molecule has 1 rings (SSSR count). The van der Waals surface area contributed by atoms with Gasteiger partial charge in [0.2, 0.25) is 0 Å². The zero-order chi connectivity index (χ0) is 12.9. The Bertz CT molecular complexity index is 417. The number of anilines is 1. The zero-order valence-electron chi connectivity index (χ0n) is 9.57. The second-order valence-corrected chi connectivity index (χ2v) is 4.79. The van der Waals surface area contributed by atoms with Crippen molar-refractivity contribution in [3.05, 3.63) is 28.2 Å². The molecule has 0 aliphatic carbocycles. The van der Waals surface area contributed by atoms with Crippen molar-refractivity contribution in [2.24, 2.45) is 0 Å². The number of nitrogens with one attached hydrogen (secondary N) is 1. The van der Waals surface area contributed by atoms with Gasteiger partial charge in [-0.15, -0.1) is 0 Å². The molecule has 0 atom stereocenters. The molecule has 0 spiro atoms. The summed E-state index contributed by atoms with van der Waals surface area (Å²) in [5.41, 5.74) is 0.284. The highest BCUT2D eigenvalue weighted by Gasteiger charge is 2.27. The van der Waals surface area contributed by atoms with Crippen LogP contribution < -0.4 is 5.32 Å². The first kappa shape index (κ1) is 14.0. The Hall–Kier alpha value is -1.09. The van der Waals surface area contributed by atoms with Gasteiger partial charge in [-0.2, -0.15) is 5.26 Å². The zero-order valence-corrected chi connectivity index (χ0v) is 11.2. The van der Waals surface area contributed by atoms with Crippen LogP contribution in [0.15, 0.2) is 22.7 Å². The molecule has 0 aliphatic heterocycles. The Morgan fingerprint density at radius 2 is 2.06 bits per heavy atom. The summed E-state index contributed by atoms with van der Waals surface area (Å²) < 4.78 is 0.833. The van der Waals surface area contributed by atoms with Crippen molar-refractivity contribution in [3.8, 4) is 6.07 Å². The molecule has 0 fully saturated rings. The molecule has 0 aliphatic rings. The van der Waals surface area contributed by atoms with Crippen LogP contribution in [0.4, 0.5) is 5.69 Å². The quantitative estimate of drug-likeness (QED) is 0.776. The summed E-state index contributed by atoms with van der Waals surface area (Å²) in [5.74, 6) is 0. The van der Waals surface area contributed by atoms with Crippen molar-refractivity contribution in [1.82, 2.24) is 0 Å². The third-order valence-corrected chi connectivity index (χ3v) is 3.28. The largest absolute Gasteiger partial charge is 0.394 e. The molecule has 1 aromatic carbocycles. The van der Waals surface area contributed by atoms with Gasteiger partial charge in [-0.1, -0.05) is 22.9 Å². The number of nitriles is 1. The van der Waals surface area contributed by atoms with Gasteiger partial charge >= 0.3 is 0 Å². The lowest BCUT2D eigenvalue weighted by atomic mass is 9.97. The number of nitrogens with zero attached hydrogens (tertiary/aromatic N) is 1. The highest BCUT2D eigenvalue weighted by molar-refractivity contribution is 9.10. The van der Waals surface area contributed by atoms with Gasteiger partial charge in [0, 0.05) is 4.47 Å². The van der Waals surface area contributed by atoms with Gasteiger partial charge in [-0.25, -0.2) is 0 Å². The number of aliphatic hydroxyl groups is 2. The van der Waals surface area contributed by atoms with Gasteiger partial charge in [-0.05, 0) is 24.6 Å². The molecule has 17 heavy (non-hydrogen) atoms. The summed E-state index contributed by atoms with van der Waals surface area (Å²) in [6.07, 6.45) is 0.553. The summed E-state index contributed by atoms with van der Waals surface area (Å²) >= 11 is 3.32. The highest BCUT2D eigenvalue weighted by Crippen LogP contribution is 2.25. The van der Waals surface area contributed by atoms with E-state index in [0.717, 1.165) is 4.47 Å². The van der Waals surface area contributed by atoms with E-state index in [0.29, 0.717) is 17.7 Å². The van der Waals surface area contributed by atoms with Crippen LogP contribution in [0, 0.1) is 11.3 Å². The van der Waals surface area contributed by atoms with Crippen LogP contribution in [0.5, 0.6) is 0 Å². The molecular weight excluding hydrogens is 284 g/mol. The Labute approximate surface area is 109 Å². The molecule has 0 radical (unpaired) electrons. The molecule has 0 bridgehead atoms. The lowest BCUT2D eigenvalue weighted by Gasteiger charge is -2.31. The molecule has 0 unspecified atom stereocenters. The SMILES string of the molecule is CCC(CO)(CO)Nc1cc(Br)ccc1C#N. The number of halogens is 1. The van der Waals surface area contributed by atoms with E-state index in [4.69, 9.17) is 5.26 Å². The van der Waals surface area contributed by atoms with Crippen LogP contribution in [0.25, 0.3) is 0 Å². The minimum absolute atomic E-state index is 0.197. The fourth-order valence-corrected chi connectivity index (χ4v) is 1.81. The van der Waals surface area contributed by atoms with E-state index in [1.807, 2.05) is 6.92 Å². The van der Waals surface area contributed by atoms with Crippen molar-refractivity contribution in [2.45, 2.75) is 18.9 Å². The molecule has 0 saturated carbocycles. The molecule has 0 heterocycles. The van der Waals surface area contributed by atoms with Crippen molar-refractivity contribution < 1.29 is 10.2 Å². The van der Waals surface area contributed by atoms with Crippen LogP contribution in [0.3, 0.4) is 0 Å². The van der Waals surface area contributed by atoms with Gasteiger partial charge in [0.05, 0.1) is 30.0 Å². The predicted octanol–water partition coefficient (Wildman–Crippen LogP) is 1.87. The third kappa shape index (κ3) is 3.19. The maximum Gasteiger partial charge on any atom is 0.101 e. The Morgan fingerprint density at radius 1 is 1.41 bits per heavy atom. The molecule has 4 nitrogen and oxygen atoms in total. The summed E-state index contributed by atoms with van der Waals surface area (Å²) in [4.78, 5) is 0. The van der Waals surface area contributed by atoms with Crippen molar-refractivity contribution in [2.75, 3.05) is 18.5 Å². The summed E-state index contributed by atoms with van der Waals surface area (Å²) in [7, 11) is 0. The maximum atomic E-state index is 9.35. The second-order valence-electron chi connectivity index (χ2n) is 3.88. The van der Waals surface area contributed by atoms with Gasteiger partial charge in [0.1, 0.15) is 6.07 Å². The van der Waals surface area contributed by atoms with Gasteiger partial charge in [0.15, 0.2) is 0 Å². The highest BCUT2D eigenvalue weighted by atomic mass is 79.9. The van der Waals surface area contributed by atoms with Crippen molar-refractivity contribution in [3.63, 3.8) is 0 Å². The van der Waals surface area contributed by atoms with E-state index < -0.39 is 5.54 Å². The molecule has 92 valence electrons. The average Bonchev–Trinajstić information content (AvgIpc) is 2.36. The Morgan fingerprint density at radius 3 is 2.53 bits per heavy atom. The minimum atomic E-state index is -0.799. The third-order valence-electron chi connectivity index (χ3n) is 2.78. The van der Waals surface area contributed by atoms with E-state index >= 15 is 0 Å². The topological polar surface area (TPSA) is 76.3 Å². The first-order valence-electron chi connectivity index (χ1n) is 5.30. The van der Waals surface area contributed by atoms with Crippen LogP contribution in [-0.2, 0) is 0 Å². The number of hydrogen-bond donors (Lipinski definition) is 3. The Kier molecular flexibility index (Phi) is 4.94. The second kappa shape index (κ2) is 6.01. The number of aliphatic hydroxyl groups excluding tert-OH is 2. The standard InChI is InChI=1S/C12H15BrN2O2/c1-2-12(7-16,8-17)15-11-5-10(13)4-3-9(11)6-14/h3-5,15-17H,2,7-8H2,1H3. The van der Waals surface area contributed by atoms with E-state index in [1.54, 1.807) is 18.2 Å². The molecule has 3 N–H and O–H groups in total. The molecule has 0 amide bonds. The molecular formula is C12H15BrN2O2. The van der Waals surface area contributed by atoms with Crippen molar-refractivity contribution in [1.29, 1.82) is 5.26 Å². The van der Waals surface area contributed by atoms with Gasteiger partial charge in [-0.3, -0.25) is 0 Å². The van der Waals surface area contributed by atoms with Crippen LogP contribution >= 0.6 is 15.9 Å². The van der Waals surface area contributed by atoms with E-state index in [1.165, 1.54) is 0 Å². The smallest absolute Gasteiger partial charge is 0.101 e.